The van der Waals surface area contributed by atoms with Crippen molar-refractivity contribution in [2.45, 2.75) is 13.0 Å². The number of anilines is 1. The molecule has 1 radical (unpaired) electrons. The fraction of sp³-hybridized carbons (Fsp3) is 0.226. The summed E-state index contributed by atoms with van der Waals surface area (Å²) < 4.78 is 39.6. The van der Waals surface area contributed by atoms with Gasteiger partial charge in [0.1, 0.15) is 17.6 Å². The van der Waals surface area contributed by atoms with Crippen molar-refractivity contribution in [1.29, 1.82) is 0 Å². The molecule has 1 atom stereocenters. The Morgan fingerprint density at radius 3 is 2.54 bits per heavy atom. The molecule has 0 aromatic heterocycles. The first-order valence-electron chi connectivity index (χ1n) is 12.9. The molecule has 211 valence electrons. The summed E-state index contributed by atoms with van der Waals surface area (Å²) in [7, 11) is -0.487. The van der Waals surface area contributed by atoms with E-state index in [0.29, 0.717) is 48.4 Å². The highest BCUT2D eigenvalue weighted by Crippen LogP contribution is 2.22. The van der Waals surface area contributed by atoms with Crippen LogP contribution in [-0.4, -0.2) is 69.6 Å². The van der Waals surface area contributed by atoms with Crippen molar-refractivity contribution in [3.05, 3.63) is 96.1 Å². The van der Waals surface area contributed by atoms with Crippen LogP contribution in [0.4, 0.5) is 14.5 Å². The molecule has 1 saturated heterocycles. The summed E-state index contributed by atoms with van der Waals surface area (Å²) in [6.45, 7) is 6.73. The largest absolute Gasteiger partial charge is 0.536 e. The Morgan fingerprint density at radius 2 is 1.88 bits per heavy atom. The number of nitrogens with one attached hydrogen (secondary N) is 1. The Bertz CT molecular complexity index is 1480. The number of rotatable bonds is 9. The molecule has 1 heterocycles. The Balaban J connectivity index is 1.49. The maximum atomic E-state index is 14.5. The highest BCUT2D eigenvalue weighted by Gasteiger charge is 2.31. The van der Waals surface area contributed by atoms with Crippen molar-refractivity contribution in [1.82, 2.24) is 9.80 Å². The van der Waals surface area contributed by atoms with Crippen LogP contribution in [0.3, 0.4) is 0 Å². The molecule has 0 bridgehead atoms. The van der Waals surface area contributed by atoms with Gasteiger partial charge in [-0.05, 0) is 66.2 Å². The summed E-state index contributed by atoms with van der Waals surface area (Å²) in [5.41, 5.74) is 1.30. The Hall–Kier alpha value is -4.46. The molecule has 3 aromatic carbocycles. The number of hydrogen-bond acceptors (Lipinski definition) is 5. The molecule has 0 saturated carbocycles. The number of carbonyl (C=O) groups excluding carboxylic acids is 2. The SMILES string of the molecule is C#C[C@@H]1CN(C[Si](Oc2ccc(C(=O)Nc3ccc(F)c(OC)c3)cc2)c2ccc(C)c(F)c2)CCN1C(=O)C=C. The van der Waals surface area contributed by atoms with Crippen molar-refractivity contribution in [3.8, 4) is 23.8 Å². The van der Waals surface area contributed by atoms with Gasteiger partial charge in [0.25, 0.3) is 5.91 Å². The molecule has 2 amide bonds. The second kappa shape index (κ2) is 13.3. The summed E-state index contributed by atoms with van der Waals surface area (Å²) in [5.74, 6) is 1.79. The van der Waals surface area contributed by atoms with Crippen LogP contribution in [0.5, 0.6) is 11.5 Å². The molecule has 3 aromatic rings. The van der Waals surface area contributed by atoms with Gasteiger partial charge < -0.3 is 19.4 Å². The minimum Gasteiger partial charge on any atom is -0.536 e. The van der Waals surface area contributed by atoms with Gasteiger partial charge in [-0.1, -0.05) is 24.6 Å². The first-order valence-corrected chi connectivity index (χ1v) is 14.5. The van der Waals surface area contributed by atoms with E-state index in [0.717, 1.165) is 5.19 Å². The smallest absolute Gasteiger partial charge is 0.331 e. The molecule has 0 aliphatic carbocycles. The van der Waals surface area contributed by atoms with Crippen LogP contribution in [0, 0.1) is 30.9 Å². The Morgan fingerprint density at radius 1 is 1.12 bits per heavy atom. The molecule has 1 fully saturated rings. The molecule has 1 N–H and O–H groups in total. The number of aryl methyl sites for hydroxylation is 1. The van der Waals surface area contributed by atoms with Crippen LogP contribution in [0.15, 0.2) is 73.3 Å². The predicted octanol–water partition coefficient (Wildman–Crippen LogP) is 3.68. The van der Waals surface area contributed by atoms with Gasteiger partial charge in [0, 0.05) is 43.1 Å². The van der Waals surface area contributed by atoms with Crippen molar-refractivity contribution in [2.24, 2.45) is 0 Å². The van der Waals surface area contributed by atoms with Crippen molar-refractivity contribution < 1.29 is 27.5 Å². The van der Waals surface area contributed by atoms with Gasteiger partial charge in [-0.2, -0.15) is 0 Å². The van der Waals surface area contributed by atoms with Crippen LogP contribution in [0.2, 0.25) is 0 Å². The summed E-state index contributed by atoms with van der Waals surface area (Å²) >= 11 is 0. The third-order valence-corrected chi connectivity index (χ3v) is 8.91. The van der Waals surface area contributed by atoms with Crippen LogP contribution in [-0.2, 0) is 4.79 Å². The summed E-state index contributed by atoms with van der Waals surface area (Å²) in [4.78, 5) is 28.7. The van der Waals surface area contributed by atoms with E-state index in [1.165, 1.54) is 37.5 Å². The maximum absolute atomic E-state index is 14.5. The zero-order chi connectivity index (χ0) is 29.5. The van der Waals surface area contributed by atoms with Crippen molar-refractivity contribution in [3.63, 3.8) is 0 Å². The minimum absolute atomic E-state index is 0.0241. The number of ether oxygens (including phenoxy) is 1. The fourth-order valence-corrected chi connectivity index (χ4v) is 6.45. The van der Waals surface area contributed by atoms with E-state index in [9.17, 15) is 18.4 Å². The van der Waals surface area contributed by atoms with E-state index < -0.39 is 20.9 Å². The monoisotopic (exact) mass is 574 g/mol. The number of benzene rings is 3. The molecule has 0 unspecified atom stereocenters. The van der Waals surface area contributed by atoms with E-state index in [1.807, 2.05) is 6.07 Å². The van der Waals surface area contributed by atoms with Gasteiger partial charge in [0.2, 0.25) is 5.91 Å². The lowest BCUT2D eigenvalue weighted by molar-refractivity contribution is -0.129. The number of halogens is 2. The first kappa shape index (κ1) is 29.5. The molecule has 10 heteroatoms. The molecule has 41 heavy (non-hydrogen) atoms. The second-order valence-electron chi connectivity index (χ2n) is 9.47. The lowest BCUT2D eigenvalue weighted by Gasteiger charge is -2.39. The topological polar surface area (TPSA) is 71.1 Å². The average molecular weight is 575 g/mol. The summed E-state index contributed by atoms with van der Waals surface area (Å²) in [6, 6.07) is 15.3. The van der Waals surface area contributed by atoms with Crippen LogP contribution < -0.4 is 19.7 Å². The van der Waals surface area contributed by atoms with Gasteiger partial charge in [-0.15, -0.1) is 6.42 Å². The van der Waals surface area contributed by atoms with Gasteiger partial charge in [-0.25, -0.2) is 8.78 Å². The Kier molecular flexibility index (Phi) is 9.55. The van der Waals surface area contributed by atoms with Gasteiger partial charge in [-0.3, -0.25) is 14.5 Å². The van der Waals surface area contributed by atoms with Crippen LogP contribution in [0.1, 0.15) is 15.9 Å². The quantitative estimate of drug-likeness (QED) is 0.240. The molecule has 0 spiro atoms. The number of amides is 2. The minimum atomic E-state index is -1.83. The third kappa shape index (κ3) is 7.19. The number of hydrogen-bond donors (Lipinski definition) is 1. The third-order valence-electron chi connectivity index (χ3n) is 6.74. The molecule has 4 rings (SSSR count). The van der Waals surface area contributed by atoms with Crippen LogP contribution >= 0.6 is 0 Å². The van der Waals surface area contributed by atoms with Gasteiger partial charge in [0.15, 0.2) is 11.6 Å². The number of methoxy groups -OCH3 is 1. The normalized spacial score (nSPS) is 15.2. The van der Waals surface area contributed by atoms with Crippen LogP contribution in [0.25, 0.3) is 0 Å². The van der Waals surface area contributed by atoms with E-state index in [1.54, 1.807) is 42.2 Å². The van der Waals surface area contributed by atoms with E-state index in [2.05, 4.69) is 22.7 Å². The Labute approximate surface area is 240 Å². The molecule has 1 aliphatic rings. The number of terminal acetylenes is 1. The second-order valence-corrected chi connectivity index (χ2v) is 11.4. The maximum Gasteiger partial charge on any atom is 0.331 e. The van der Waals surface area contributed by atoms with Crippen molar-refractivity contribution in [2.75, 3.05) is 38.2 Å². The number of nitrogens with zero attached hydrogens (tertiary/aromatic N) is 2. The molecule has 7 nitrogen and oxygen atoms in total. The van der Waals surface area contributed by atoms with E-state index in [4.69, 9.17) is 15.6 Å². The summed E-state index contributed by atoms with van der Waals surface area (Å²) in [6.07, 6.45) is 7.48. The highest BCUT2D eigenvalue weighted by atomic mass is 28.3. The zero-order valence-electron chi connectivity index (χ0n) is 22.8. The van der Waals surface area contributed by atoms with E-state index in [-0.39, 0.29) is 23.4 Å². The summed E-state index contributed by atoms with van der Waals surface area (Å²) in [5, 5.41) is 3.46. The lowest BCUT2D eigenvalue weighted by Crippen LogP contribution is -2.58. The average Bonchev–Trinajstić information content (AvgIpc) is 2.99. The van der Waals surface area contributed by atoms with Gasteiger partial charge >= 0.3 is 9.04 Å². The number of carbonyl (C=O) groups is 2. The molecule has 1 aliphatic heterocycles. The number of piperazine rings is 1. The first-order chi connectivity index (χ1) is 19.7. The van der Waals surface area contributed by atoms with Crippen molar-refractivity contribution >= 4 is 31.7 Å². The van der Waals surface area contributed by atoms with E-state index >= 15 is 0 Å². The molecular formula is C31H30F2N3O4Si. The van der Waals surface area contributed by atoms with Gasteiger partial charge in [0.05, 0.1) is 7.11 Å². The lowest BCUT2D eigenvalue weighted by atomic mass is 10.2. The predicted molar refractivity (Wildman–Crippen MR) is 155 cm³/mol. The zero-order valence-corrected chi connectivity index (χ0v) is 23.8. The molecular weight excluding hydrogens is 544 g/mol. The highest BCUT2D eigenvalue weighted by molar-refractivity contribution is 6.68. The standard InChI is InChI=1S/C31H30F2N3O4Si/c1-5-24-19-35(15-16-36(24)30(37)6-2)20-41(26-13-7-21(3)28(33)18-26)40-25-11-8-22(9-12-25)31(38)34-23-10-14-27(32)29(17-23)39-4/h1,6-14,17-18,24H,2,15-16,19-20H2,3-4H3,(H,34,38)/t24-/m1/s1. The fourth-order valence-electron chi connectivity index (χ4n) is 4.42.